The molecule has 0 aliphatic rings. The zero-order chi connectivity index (χ0) is 36.6. The number of carbonyl (C=O) groups is 3. The summed E-state index contributed by atoms with van der Waals surface area (Å²) >= 11 is 0. The fourth-order valence-corrected chi connectivity index (χ4v) is 5.16. The van der Waals surface area contributed by atoms with Gasteiger partial charge in [-0.25, -0.2) is 0 Å². The molecule has 0 heterocycles. The Hall–Kier alpha value is -2.89. The van der Waals surface area contributed by atoms with E-state index in [1.54, 1.807) is 0 Å². The normalized spacial score (nSPS) is 12.6. The van der Waals surface area contributed by atoms with E-state index in [0.717, 1.165) is 83.5 Å². The van der Waals surface area contributed by atoms with Crippen LogP contribution in [0.3, 0.4) is 0 Å². The Balaban J connectivity index is 4.50. The number of ether oxygens (including phenoxy) is 3. The summed E-state index contributed by atoms with van der Waals surface area (Å²) in [4.78, 5) is 37.4. The van der Waals surface area contributed by atoms with E-state index in [2.05, 4.69) is 75.5 Å². The van der Waals surface area contributed by atoms with Gasteiger partial charge in [0.05, 0.1) is 0 Å². The molecule has 0 aromatic heterocycles. The van der Waals surface area contributed by atoms with Crippen LogP contribution >= 0.6 is 0 Å². The lowest BCUT2D eigenvalue weighted by molar-refractivity contribution is -0.166. The van der Waals surface area contributed by atoms with Crippen molar-refractivity contribution in [2.24, 2.45) is 0 Å². The average molecular weight is 699 g/mol. The van der Waals surface area contributed by atoms with E-state index in [4.69, 9.17) is 14.2 Å². The monoisotopic (exact) mass is 699 g/mol. The summed E-state index contributed by atoms with van der Waals surface area (Å²) in [6.45, 7) is 6.33. The molecule has 0 saturated carbocycles. The summed E-state index contributed by atoms with van der Waals surface area (Å²) in [5.41, 5.74) is 0. The van der Waals surface area contributed by atoms with Gasteiger partial charge in [0.15, 0.2) is 6.10 Å². The number of hydrogen-bond acceptors (Lipinski definition) is 6. The van der Waals surface area contributed by atoms with Gasteiger partial charge in [-0.15, -0.1) is 0 Å². The average Bonchev–Trinajstić information content (AvgIpc) is 3.11. The van der Waals surface area contributed by atoms with Crippen LogP contribution in [0.25, 0.3) is 0 Å². The second kappa shape index (κ2) is 38.9. The van der Waals surface area contributed by atoms with E-state index in [-0.39, 0.29) is 37.5 Å². The Kier molecular flexibility index (Phi) is 36.7. The van der Waals surface area contributed by atoms with Crippen LogP contribution in [0.2, 0.25) is 0 Å². The zero-order valence-electron chi connectivity index (χ0n) is 32.4. The highest BCUT2D eigenvalue weighted by Crippen LogP contribution is 2.11. The summed E-state index contributed by atoms with van der Waals surface area (Å²) in [7, 11) is 0. The van der Waals surface area contributed by atoms with Crippen LogP contribution < -0.4 is 0 Å². The Morgan fingerprint density at radius 1 is 0.420 bits per heavy atom. The maximum Gasteiger partial charge on any atom is 0.306 e. The summed E-state index contributed by atoms with van der Waals surface area (Å²) in [5, 5.41) is 0. The number of carbonyl (C=O) groups excluding carboxylic acids is 3. The number of hydrogen-bond donors (Lipinski definition) is 0. The molecule has 0 bridgehead atoms. The van der Waals surface area contributed by atoms with Gasteiger partial charge < -0.3 is 14.2 Å². The van der Waals surface area contributed by atoms with Gasteiger partial charge in [0.25, 0.3) is 0 Å². The van der Waals surface area contributed by atoms with Gasteiger partial charge >= 0.3 is 17.9 Å². The SMILES string of the molecule is CC/C=C\C/C=C\CCCCC(=O)OCC(COC(=O)CC/C=C\C/C=C\CCCCCCCC)OC(=O)CCCCCC/C=C\CCCC. The largest absolute Gasteiger partial charge is 0.462 e. The molecule has 0 fully saturated rings. The Bertz CT molecular complexity index is 944. The Morgan fingerprint density at radius 2 is 0.840 bits per heavy atom. The molecule has 0 N–H and O–H groups in total. The molecule has 286 valence electrons. The highest BCUT2D eigenvalue weighted by molar-refractivity contribution is 5.71. The van der Waals surface area contributed by atoms with Crippen LogP contribution in [0.5, 0.6) is 0 Å². The third kappa shape index (κ3) is 36.4. The van der Waals surface area contributed by atoms with Crippen LogP contribution in [0.1, 0.15) is 181 Å². The van der Waals surface area contributed by atoms with Crippen molar-refractivity contribution in [3.8, 4) is 0 Å². The summed E-state index contributed by atoms with van der Waals surface area (Å²) < 4.78 is 16.5. The quantitative estimate of drug-likeness (QED) is 0.0284. The first-order chi connectivity index (χ1) is 24.5. The second-order valence-corrected chi connectivity index (χ2v) is 13.2. The van der Waals surface area contributed by atoms with Crippen molar-refractivity contribution in [3.05, 3.63) is 60.8 Å². The van der Waals surface area contributed by atoms with E-state index in [9.17, 15) is 14.4 Å². The van der Waals surface area contributed by atoms with Gasteiger partial charge in [-0.05, 0) is 83.5 Å². The fraction of sp³-hybridized carbons (Fsp3) is 0.705. The van der Waals surface area contributed by atoms with E-state index >= 15 is 0 Å². The number of unbranched alkanes of at least 4 members (excludes halogenated alkanes) is 14. The van der Waals surface area contributed by atoms with Crippen LogP contribution in [-0.4, -0.2) is 37.2 Å². The highest BCUT2D eigenvalue weighted by atomic mass is 16.6. The molecule has 0 aliphatic heterocycles. The Morgan fingerprint density at radius 3 is 1.44 bits per heavy atom. The molecular formula is C44H74O6. The van der Waals surface area contributed by atoms with Crippen molar-refractivity contribution in [2.75, 3.05) is 13.2 Å². The lowest BCUT2D eigenvalue weighted by Crippen LogP contribution is -2.30. The maximum atomic E-state index is 12.6. The van der Waals surface area contributed by atoms with Gasteiger partial charge in [-0.1, -0.05) is 139 Å². The minimum atomic E-state index is -0.810. The highest BCUT2D eigenvalue weighted by Gasteiger charge is 2.19. The van der Waals surface area contributed by atoms with E-state index < -0.39 is 6.10 Å². The molecule has 6 heteroatoms. The first-order valence-corrected chi connectivity index (χ1v) is 20.3. The van der Waals surface area contributed by atoms with Crippen LogP contribution in [0.4, 0.5) is 0 Å². The summed E-state index contributed by atoms with van der Waals surface area (Å²) in [5.74, 6) is -1.04. The molecule has 50 heavy (non-hydrogen) atoms. The second-order valence-electron chi connectivity index (χ2n) is 13.2. The molecule has 0 aromatic carbocycles. The standard InChI is InChI=1S/C44H74O6/c1-4-7-10-13-16-19-21-22-23-26-28-31-34-37-43(46)49-40-41(39-48-42(45)36-33-30-27-24-18-15-12-9-6-3)50-44(47)38-35-32-29-25-20-17-14-11-8-5-2/h9,12,14,17-18,22-24,28,31,41H,4-8,10-11,13,15-16,19-21,25-27,29-30,32-40H2,1-3H3/b12-9-,17-14-,23-22-,24-18-,31-28-. The molecule has 0 aromatic rings. The van der Waals surface area contributed by atoms with Crippen molar-refractivity contribution in [3.63, 3.8) is 0 Å². The number of esters is 3. The first kappa shape index (κ1) is 47.1. The molecule has 6 nitrogen and oxygen atoms in total. The molecule has 0 saturated heterocycles. The van der Waals surface area contributed by atoms with Gasteiger partial charge in [0, 0.05) is 19.3 Å². The van der Waals surface area contributed by atoms with Crippen molar-refractivity contribution >= 4 is 17.9 Å². The van der Waals surface area contributed by atoms with Crippen LogP contribution in [0, 0.1) is 0 Å². The maximum absolute atomic E-state index is 12.6. The predicted molar refractivity (Wildman–Crippen MR) is 210 cm³/mol. The zero-order valence-corrected chi connectivity index (χ0v) is 32.4. The van der Waals surface area contributed by atoms with Crippen LogP contribution in [-0.2, 0) is 28.6 Å². The van der Waals surface area contributed by atoms with E-state index in [1.165, 1.54) is 51.4 Å². The lowest BCUT2D eigenvalue weighted by Gasteiger charge is -2.18. The van der Waals surface area contributed by atoms with E-state index in [1.807, 2.05) is 6.08 Å². The fourth-order valence-electron chi connectivity index (χ4n) is 5.16. The molecule has 0 radical (unpaired) electrons. The molecule has 0 rings (SSSR count). The van der Waals surface area contributed by atoms with Crippen molar-refractivity contribution < 1.29 is 28.6 Å². The first-order valence-electron chi connectivity index (χ1n) is 20.3. The number of rotatable bonds is 35. The minimum Gasteiger partial charge on any atom is -0.462 e. The van der Waals surface area contributed by atoms with Gasteiger partial charge in [0.1, 0.15) is 13.2 Å². The third-order valence-electron chi connectivity index (χ3n) is 8.24. The lowest BCUT2D eigenvalue weighted by atomic mass is 10.1. The Labute approximate surface area is 307 Å². The van der Waals surface area contributed by atoms with Crippen LogP contribution in [0.15, 0.2) is 60.8 Å². The van der Waals surface area contributed by atoms with Crippen molar-refractivity contribution in [1.82, 2.24) is 0 Å². The summed E-state index contributed by atoms with van der Waals surface area (Å²) in [6.07, 6.45) is 45.2. The molecule has 0 amide bonds. The van der Waals surface area contributed by atoms with Crippen molar-refractivity contribution in [2.45, 2.75) is 187 Å². The van der Waals surface area contributed by atoms with Crippen molar-refractivity contribution in [1.29, 1.82) is 0 Å². The molecule has 1 unspecified atom stereocenters. The minimum absolute atomic E-state index is 0.114. The molecule has 0 spiro atoms. The number of allylic oxidation sites excluding steroid dienone is 10. The molecule has 0 aliphatic carbocycles. The molecule has 1 atom stereocenters. The smallest absolute Gasteiger partial charge is 0.306 e. The van der Waals surface area contributed by atoms with E-state index in [0.29, 0.717) is 19.3 Å². The topological polar surface area (TPSA) is 78.9 Å². The summed E-state index contributed by atoms with van der Waals surface area (Å²) in [6, 6.07) is 0. The molecular weight excluding hydrogens is 624 g/mol. The predicted octanol–water partition coefficient (Wildman–Crippen LogP) is 12.6. The van der Waals surface area contributed by atoms with Gasteiger partial charge in [0.2, 0.25) is 0 Å². The van der Waals surface area contributed by atoms with Gasteiger partial charge in [-0.3, -0.25) is 14.4 Å². The van der Waals surface area contributed by atoms with Gasteiger partial charge in [-0.2, -0.15) is 0 Å². The third-order valence-corrected chi connectivity index (χ3v) is 8.24.